The largest absolute Gasteiger partial charge is 0.369 e. The molecule has 0 atom stereocenters. The van der Waals surface area contributed by atoms with Crippen molar-refractivity contribution >= 4 is 5.69 Å². The van der Waals surface area contributed by atoms with Crippen LogP contribution in [0.4, 0.5) is 10.1 Å². The maximum Gasteiger partial charge on any atom is 0.146 e. The van der Waals surface area contributed by atoms with Gasteiger partial charge in [-0.3, -0.25) is 0 Å². The Morgan fingerprint density at radius 1 is 1.39 bits per heavy atom. The molecule has 2 rings (SSSR count). The van der Waals surface area contributed by atoms with Crippen LogP contribution >= 0.6 is 0 Å². The molecule has 0 saturated carbocycles. The summed E-state index contributed by atoms with van der Waals surface area (Å²) in [7, 11) is 0. The Morgan fingerprint density at radius 3 is 2.72 bits per heavy atom. The van der Waals surface area contributed by atoms with Crippen LogP contribution in [0.3, 0.4) is 0 Å². The van der Waals surface area contributed by atoms with Crippen molar-refractivity contribution in [2.45, 2.75) is 33.7 Å². The van der Waals surface area contributed by atoms with Crippen LogP contribution < -0.4 is 10.2 Å². The van der Waals surface area contributed by atoms with E-state index < -0.39 is 0 Å². The number of rotatable bonds is 4. The summed E-state index contributed by atoms with van der Waals surface area (Å²) < 4.78 is 14.1. The van der Waals surface area contributed by atoms with Gasteiger partial charge >= 0.3 is 0 Å². The maximum atomic E-state index is 14.1. The van der Waals surface area contributed by atoms with Crippen molar-refractivity contribution in [2.24, 2.45) is 5.41 Å². The molecule has 1 heterocycles. The van der Waals surface area contributed by atoms with E-state index in [0.717, 1.165) is 43.9 Å². The molecule has 18 heavy (non-hydrogen) atoms. The lowest BCUT2D eigenvalue weighted by Crippen LogP contribution is -2.23. The van der Waals surface area contributed by atoms with Crippen LogP contribution in [0.15, 0.2) is 18.2 Å². The molecule has 0 aliphatic carbocycles. The SMILES string of the molecule is CCNCc1ccc(N2CCC(C)(C)C2)c(F)c1. The molecule has 1 aliphatic rings. The Hall–Kier alpha value is -1.09. The van der Waals surface area contributed by atoms with E-state index in [1.54, 1.807) is 6.07 Å². The van der Waals surface area contributed by atoms with Crippen molar-refractivity contribution < 1.29 is 4.39 Å². The van der Waals surface area contributed by atoms with E-state index in [1.165, 1.54) is 0 Å². The highest BCUT2D eigenvalue weighted by molar-refractivity contribution is 5.50. The van der Waals surface area contributed by atoms with E-state index in [-0.39, 0.29) is 5.82 Å². The normalized spacial score (nSPS) is 18.3. The van der Waals surface area contributed by atoms with Gasteiger partial charge in [0.15, 0.2) is 0 Å². The lowest BCUT2D eigenvalue weighted by molar-refractivity contribution is 0.418. The third kappa shape index (κ3) is 3.02. The summed E-state index contributed by atoms with van der Waals surface area (Å²) >= 11 is 0. The van der Waals surface area contributed by atoms with Gasteiger partial charge in [0.25, 0.3) is 0 Å². The quantitative estimate of drug-likeness (QED) is 0.883. The molecule has 1 N–H and O–H groups in total. The fraction of sp³-hybridized carbons (Fsp3) is 0.600. The Kier molecular flexibility index (Phi) is 3.91. The van der Waals surface area contributed by atoms with E-state index in [0.29, 0.717) is 5.41 Å². The van der Waals surface area contributed by atoms with E-state index in [1.807, 2.05) is 12.1 Å². The standard InChI is InChI=1S/C15H23FN2/c1-4-17-10-12-5-6-14(13(16)9-12)18-8-7-15(2,3)11-18/h5-6,9,17H,4,7-8,10-11H2,1-3H3. The minimum absolute atomic E-state index is 0.0943. The second kappa shape index (κ2) is 5.27. The van der Waals surface area contributed by atoms with E-state index in [9.17, 15) is 4.39 Å². The second-order valence-corrected chi connectivity index (χ2v) is 5.90. The fourth-order valence-electron chi connectivity index (χ4n) is 2.50. The molecule has 2 nitrogen and oxygen atoms in total. The average molecular weight is 250 g/mol. The molecule has 0 spiro atoms. The Morgan fingerprint density at radius 2 is 2.17 bits per heavy atom. The summed E-state index contributed by atoms with van der Waals surface area (Å²) in [4.78, 5) is 2.16. The van der Waals surface area contributed by atoms with Crippen LogP contribution in [-0.4, -0.2) is 19.6 Å². The van der Waals surface area contributed by atoms with E-state index in [4.69, 9.17) is 0 Å². The Labute approximate surface area is 109 Å². The predicted molar refractivity (Wildman–Crippen MR) is 74.4 cm³/mol. The zero-order chi connectivity index (χ0) is 13.2. The van der Waals surface area contributed by atoms with Crippen molar-refractivity contribution in [3.8, 4) is 0 Å². The first-order chi connectivity index (χ1) is 8.52. The third-order valence-corrected chi connectivity index (χ3v) is 3.61. The van der Waals surface area contributed by atoms with Crippen LogP contribution in [-0.2, 0) is 6.54 Å². The van der Waals surface area contributed by atoms with Crippen LogP contribution in [0, 0.1) is 11.2 Å². The predicted octanol–water partition coefficient (Wildman–Crippen LogP) is 3.17. The van der Waals surface area contributed by atoms with Gasteiger partial charge in [0.05, 0.1) is 5.69 Å². The van der Waals surface area contributed by atoms with Gasteiger partial charge in [-0.25, -0.2) is 4.39 Å². The Bertz CT molecular complexity index is 415. The molecule has 1 saturated heterocycles. The van der Waals surface area contributed by atoms with Crippen molar-refractivity contribution in [3.05, 3.63) is 29.6 Å². The minimum Gasteiger partial charge on any atom is -0.369 e. The molecule has 0 radical (unpaired) electrons. The van der Waals surface area contributed by atoms with Gasteiger partial charge in [0, 0.05) is 19.6 Å². The van der Waals surface area contributed by atoms with Gasteiger partial charge < -0.3 is 10.2 Å². The molecule has 100 valence electrons. The highest BCUT2D eigenvalue weighted by atomic mass is 19.1. The van der Waals surface area contributed by atoms with Crippen molar-refractivity contribution in [3.63, 3.8) is 0 Å². The summed E-state index contributed by atoms with van der Waals surface area (Å²) in [6.45, 7) is 10.1. The molecule has 1 fully saturated rings. The molecule has 1 aromatic rings. The molecular weight excluding hydrogens is 227 g/mol. The lowest BCUT2D eigenvalue weighted by atomic mass is 9.93. The number of benzene rings is 1. The van der Waals surface area contributed by atoms with Gasteiger partial charge in [0.2, 0.25) is 0 Å². The van der Waals surface area contributed by atoms with Crippen molar-refractivity contribution in [1.82, 2.24) is 5.32 Å². The van der Waals surface area contributed by atoms with E-state index >= 15 is 0 Å². The first-order valence-corrected chi connectivity index (χ1v) is 6.76. The number of anilines is 1. The summed E-state index contributed by atoms with van der Waals surface area (Å²) in [5, 5.41) is 3.21. The molecule has 0 aromatic heterocycles. The molecule has 0 unspecified atom stereocenters. The lowest BCUT2D eigenvalue weighted by Gasteiger charge is -2.22. The molecule has 0 amide bonds. The van der Waals surface area contributed by atoms with Gasteiger partial charge in [-0.2, -0.15) is 0 Å². The molecule has 0 bridgehead atoms. The zero-order valence-corrected chi connectivity index (χ0v) is 11.6. The molecule has 1 aliphatic heterocycles. The zero-order valence-electron chi connectivity index (χ0n) is 11.6. The van der Waals surface area contributed by atoms with Crippen LogP contribution in [0.1, 0.15) is 32.8 Å². The van der Waals surface area contributed by atoms with Gasteiger partial charge in [0.1, 0.15) is 5.82 Å². The van der Waals surface area contributed by atoms with Crippen LogP contribution in [0.25, 0.3) is 0 Å². The number of nitrogens with one attached hydrogen (secondary N) is 1. The summed E-state index contributed by atoms with van der Waals surface area (Å²) in [6.07, 6.45) is 1.13. The number of hydrogen-bond acceptors (Lipinski definition) is 2. The first-order valence-electron chi connectivity index (χ1n) is 6.76. The highest BCUT2D eigenvalue weighted by Gasteiger charge is 2.30. The monoisotopic (exact) mass is 250 g/mol. The number of hydrogen-bond donors (Lipinski definition) is 1. The second-order valence-electron chi connectivity index (χ2n) is 5.90. The highest BCUT2D eigenvalue weighted by Crippen LogP contribution is 2.33. The molecule has 1 aromatic carbocycles. The van der Waals surface area contributed by atoms with Crippen molar-refractivity contribution in [2.75, 3.05) is 24.5 Å². The van der Waals surface area contributed by atoms with Crippen LogP contribution in [0.5, 0.6) is 0 Å². The van der Waals surface area contributed by atoms with Gasteiger partial charge in [-0.15, -0.1) is 0 Å². The maximum absolute atomic E-state index is 14.1. The molecular formula is C15H23FN2. The van der Waals surface area contributed by atoms with E-state index in [2.05, 4.69) is 31.0 Å². The average Bonchev–Trinajstić information content (AvgIpc) is 2.67. The fourth-order valence-corrected chi connectivity index (χ4v) is 2.50. The van der Waals surface area contributed by atoms with Crippen LogP contribution in [0.2, 0.25) is 0 Å². The summed E-state index contributed by atoms with van der Waals surface area (Å²) in [5.41, 5.74) is 2.06. The number of nitrogens with zero attached hydrogens (tertiary/aromatic N) is 1. The Balaban J connectivity index is 2.10. The topological polar surface area (TPSA) is 15.3 Å². The first kappa shape index (κ1) is 13.3. The van der Waals surface area contributed by atoms with Gasteiger partial charge in [-0.1, -0.05) is 26.8 Å². The smallest absolute Gasteiger partial charge is 0.146 e. The minimum atomic E-state index is -0.0943. The molecule has 3 heteroatoms. The third-order valence-electron chi connectivity index (χ3n) is 3.61. The van der Waals surface area contributed by atoms with Crippen molar-refractivity contribution in [1.29, 1.82) is 0 Å². The van der Waals surface area contributed by atoms with Gasteiger partial charge in [-0.05, 0) is 36.1 Å². The number of halogens is 1. The summed E-state index contributed by atoms with van der Waals surface area (Å²) in [5.74, 6) is -0.0943. The summed E-state index contributed by atoms with van der Waals surface area (Å²) in [6, 6.07) is 5.60.